The Morgan fingerprint density at radius 1 is 1.67 bits per heavy atom. The fraction of sp³-hybridized carbons (Fsp3) is 0.444. The highest BCUT2D eigenvalue weighted by Gasteiger charge is 2.09. The lowest BCUT2D eigenvalue weighted by molar-refractivity contribution is 0.0681. The summed E-state index contributed by atoms with van der Waals surface area (Å²) in [5, 5.41) is 12.4. The largest absolute Gasteiger partial charge is 0.476 e. The quantitative estimate of drug-likeness (QED) is 0.758. The van der Waals surface area contributed by atoms with Gasteiger partial charge in [0.15, 0.2) is 5.69 Å². The number of hydrogen-bond donors (Lipinski definition) is 1. The molecule has 82 valence electrons. The van der Waals surface area contributed by atoms with E-state index < -0.39 is 5.97 Å². The second-order valence-corrected chi connectivity index (χ2v) is 3.09. The van der Waals surface area contributed by atoms with Crippen LogP contribution in [0.25, 0.3) is 0 Å². The number of aromatic nitrogens is 2. The fourth-order valence-corrected chi connectivity index (χ4v) is 1.01. The van der Waals surface area contributed by atoms with Crippen LogP contribution in [0.15, 0.2) is 16.9 Å². The summed E-state index contributed by atoms with van der Waals surface area (Å²) in [7, 11) is 1.51. The highest BCUT2D eigenvalue weighted by atomic mass is 16.5. The number of carboxylic acid groups (broad SMARTS) is 1. The van der Waals surface area contributed by atoms with Gasteiger partial charge in [0.2, 0.25) is 0 Å². The highest BCUT2D eigenvalue weighted by molar-refractivity contribution is 5.84. The lowest BCUT2D eigenvalue weighted by Gasteiger charge is -2.10. The lowest BCUT2D eigenvalue weighted by Crippen LogP contribution is -2.29. The van der Waals surface area contributed by atoms with Gasteiger partial charge in [0.25, 0.3) is 5.56 Å². The first kappa shape index (κ1) is 11.4. The zero-order chi connectivity index (χ0) is 11.4. The van der Waals surface area contributed by atoms with E-state index in [1.165, 1.54) is 19.2 Å². The van der Waals surface area contributed by atoms with Crippen LogP contribution in [0.2, 0.25) is 0 Å². The number of aromatic carboxylic acids is 1. The van der Waals surface area contributed by atoms with Crippen LogP contribution in [-0.4, -0.2) is 34.1 Å². The van der Waals surface area contributed by atoms with E-state index in [9.17, 15) is 9.59 Å². The summed E-state index contributed by atoms with van der Waals surface area (Å²) >= 11 is 0. The van der Waals surface area contributed by atoms with Gasteiger partial charge in [-0.2, -0.15) is 5.10 Å². The third-order valence-corrected chi connectivity index (χ3v) is 1.92. The van der Waals surface area contributed by atoms with Gasteiger partial charge in [-0.25, -0.2) is 9.48 Å². The molecule has 0 amide bonds. The molecule has 0 fully saturated rings. The Hall–Kier alpha value is -1.69. The van der Waals surface area contributed by atoms with E-state index in [4.69, 9.17) is 9.84 Å². The molecule has 1 rings (SSSR count). The van der Waals surface area contributed by atoms with Crippen LogP contribution < -0.4 is 5.56 Å². The van der Waals surface area contributed by atoms with Gasteiger partial charge in [0.1, 0.15) is 0 Å². The molecule has 6 nitrogen and oxygen atoms in total. The molecular weight excluding hydrogens is 200 g/mol. The van der Waals surface area contributed by atoms with Crippen molar-refractivity contribution in [3.8, 4) is 0 Å². The molecule has 0 aliphatic carbocycles. The number of hydrogen-bond acceptors (Lipinski definition) is 4. The van der Waals surface area contributed by atoms with E-state index in [2.05, 4.69) is 5.10 Å². The van der Waals surface area contributed by atoms with Crippen LogP contribution in [0.3, 0.4) is 0 Å². The minimum atomic E-state index is -1.16. The van der Waals surface area contributed by atoms with Crippen molar-refractivity contribution in [3.63, 3.8) is 0 Å². The highest BCUT2D eigenvalue weighted by Crippen LogP contribution is 1.94. The SMILES string of the molecule is COC(C)Cn1nc(C(=O)O)ccc1=O. The maximum Gasteiger partial charge on any atom is 0.356 e. The summed E-state index contributed by atoms with van der Waals surface area (Å²) in [6.45, 7) is 2.00. The Morgan fingerprint density at radius 3 is 2.87 bits per heavy atom. The van der Waals surface area contributed by atoms with Gasteiger partial charge in [-0.1, -0.05) is 0 Å². The molecule has 1 atom stereocenters. The Labute approximate surface area is 86.1 Å². The maximum atomic E-state index is 11.3. The molecule has 0 aliphatic rings. The van der Waals surface area contributed by atoms with E-state index in [0.717, 1.165) is 4.68 Å². The number of nitrogens with zero attached hydrogens (tertiary/aromatic N) is 2. The average molecular weight is 212 g/mol. The van der Waals surface area contributed by atoms with Crippen LogP contribution >= 0.6 is 0 Å². The van der Waals surface area contributed by atoms with Crippen molar-refractivity contribution >= 4 is 5.97 Å². The molecule has 6 heteroatoms. The number of rotatable bonds is 4. The van der Waals surface area contributed by atoms with Crippen LogP contribution in [0.5, 0.6) is 0 Å². The Bertz CT molecular complexity index is 413. The molecule has 0 bridgehead atoms. The number of carbonyl (C=O) groups is 1. The molecule has 1 N–H and O–H groups in total. The van der Waals surface area contributed by atoms with Crippen LogP contribution in [0.1, 0.15) is 17.4 Å². The molecule has 15 heavy (non-hydrogen) atoms. The molecule has 1 unspecified atom stereocenters. The lowest BCUT2D eigenvalue weighted by atomic mass is 10.3. The molecule has 0 saturated carbocycles. The van der Waals surface area contributed by atoms with Gasteiger partial charge in [0, 0.05) is 13.2 Å². The zero-order valence-corrected chi connectivity index (χ0v) is 8.51. The first-order valence-electron chi connectivity index (χ1n) is 4.39. The van der Waals surface area contributed by atoms with E-state index in [0.29, 0.717) is 0 Å². The van der Waals surface area contributed by atoms with E-state index >= 15 is 0 Å². The van der Waals surface area contributed by atoms with Crippen molar-refractivity contribution in [2.75, 3.05) is 7.11 Å². The molecule has 1 aromatic heterocycles. The molecule has 0 radical (unpaired) electrons. The zero-order valence-electron chi connectivity index (χ0n) is 8.51. The van der Waals surface area contributed by atoms with Crippen molar-refractivity contribution in [1.82, 2.24) is 9.78 Å². The van der Waals surface area contributed by atoms with Gasteiger partial charge in [-0.15, -0.1) is 0 Å². The van der Waals surface area contributed by atoms with Crippen molar-refractivity contribution in [2.45, 2.75) is 19.6 Å². The van der Waals surface area contributed by atoms with Crippen molar-refractivity contribution in [3.05, 3.63) is 28.2 Å². The summed E-state index contributed by atoms with van der Waals surface area (Å²) < 4.78 is 6.04. The van der Waals surface area contributed by atoms with E-state index in [-0.39, 0.29) is 23.9 Å². The maximum absolute atomic E-state index is 11.3. The molecule has 1 heterocycles. The summed E-state index contributed by atoms with van der Waals surface area (Å²) in [6, 6.07) is 2.36. The van der Waals surface area contributed by atoms with E-state index in [1.807, 2.05) is 0 Å². The monoisotopic (exact) mass is 212 g/mol. The predicted molar refractivity (Wildman–Crippen MR) is 51.9 cm³/mol. The minimum Gasteiger partial charge on any atom is -0.476 e. The molecular formula is C9H12N2O4. The summed E-state index contributed by atoms with van der Waals surface area (Å²) in [5.74, 6) is -1.16. The smallest absolute Gasteiger partial charge is 0.356 e. The number of carboxylic acids is 1. The molecule has 0 saturated heterocycles. The molecule has 1 aromatic rings. The Morgan fingerprint density at radius 2 is 2.33 bits per heavy atom. The van der Waals surface area contributed by atoms with Crippen LogP contribution in [-0.2, 0) is 11.3 Å². The third kappa shape index (κ3) is 2.88. The Kier molecular flexibility index (Phi) is 3.56. The first-order chi connectivity index (χ1) is 7.04. The normalized spacial score (nSPS) is 12.4. The molecule has 0 aromatic carbocycles. The van der Waals surface area contributed by atoms with Gasteiger partial charge < -0.3 is 9.84 Å². The predicted octanol–water partition coefficient (Wildman–Crippen LogP) is -0.0236. The fourth-order valence-electron chi connectivity index (χ4n) is 1.01. The summed E-state index contributed by atoms with van der Waals surface area (Å²) in [4.78, 5) is 21.9. The van der Waals surface area contributed by atoms with Crippen LogP contribution in [0, 0.1) is 0 Å². The standard InChI is InChI=1S/C9H12N2O4/c1-6(15-2)5-11-8(12)4-3-7(10-11)9(13)14/h3-4,6H,5H2,1-2H3,(H,13,14). The van der Waals surface area contributed by atoms with Gasteiger partial charge in [-0.05, 0) is 13.0 Å². The van der Waals surface area contributed by atoms with Gasteiger partial charge >= 0.3 is 5.97 Å². The summed E-state index contributed by atoms with van der Waals surface area (Å²) in [5.41, 5.74) is -0.498. The van der Waals surface area contributed by atoms with E-state index in [1.54, 1.807) is 6.92 Å². The van der Waals surface area contributed by atoms with Crippen molar-refractivity contribution in [1.29, 1.82) is 0 Å². The van der Waals surface area contributed by atoms with Gasteiger partial charge in [0.05, 0.1) is 12.6 Å². The number of methoxy groups -OCH3 is 1. The van der Waals surface area contributed by atoms with Crippen LogP contribution in [0.4, 0.5) is 0 Å². The minimum absolute atomic E-state index is 0.155. The molecule has 0 spiro atoms. The Balaban J connectivity index is 3.00. The average Bonchev–Trinajstić information content (AvgIpc) is 2.20. The van der Waals surface area contributed by atoms with Gasteiger partial charge in [-0.3, -0.25) is 4.79 Å². The van der Waals surface area contributed by atoms with Crippen molar-refractivity contribution in [2.24, 2.45) is 0 Å². The first-order valence-corrected chi connectivity index (χ1v) is 4.39. The number of ether oxygens (including phenoxy) is 1. The van der Waals surface area contributed by atoms with Crippen molar-refractivity contribution < 1.29 is 14.6 Å². The summed E-state index contributed by atoms with van der Waals surface area (Å²) in [6.07, 6.45) is -0.195. The second kappa shape index (κ2) is 4.70. The second-order valence-electron chi connectivity index (χ2n) is 3.09. The third-order valence-electron chi connectivity index (χ3n) is 1.92. The topological polar surface area (TPSA) is 81.4 Å². The molecule has 0 aliphatic heterocycles.